The van der Waals surface area contributed by atoms with Crippen molar-refractivity contribution in [2.24, 2.45) is 0 Å². The minimum Gasteiger partial charge on any atom is -0.489 e. The maximum atomic E-state index is 13.4. The molecule has 0 spiro atoms. The average molecular weight is 316 g/mol. The molecule has 0 bridgehead atoms. The molecule has 0 aromatic heterocycles. The Morgan fingerprint density at radius 1 is 1.26 bits per heavy atom. The minimum atomic E-state index is -0.777. The second-order valence-corrected chi connectivity index (χ2v) is 4.78. The highest BCUT2D eigenvalue weighted by atomic mass is 19.1. The van der Waals surface area contributed by atoms with Crippen molar-refractivity contribution in [3.05, 3.63) is 59.2 Å². The van der Waals surface area contributed by atoms with E-state index in [1.54, 1.807) is 18.2 Å². The summed E-state index contributed by atoms with van der Waals surface area (Å²) < 4.78 is 31.4. The molecule has 0 aliphatic heterocycles. The molecule has 118 valence electrons. The van der Waals surface area contributed by atoms with E-state index in [1.807, 2.05) is 6.07 Å². The van der Waals surface area contributed by atoms with Crippen molar-refractivity contribution in [3.8, 4) is 11.8 Å². The van der Waals surface area contributed by atoms with E-state index in [0.717, 1.165) is 12.1 Å². The van der Waals surface area contributed by atoms with Gasteiger partial charge in [0, 0.05) is 23.9 Å². The van der Waals surface area contributed by atoms with Gasteiger partial charge in [-0.3, -0.25) is 4.79 Å². The molecule has 0 radical (unpaired) electrons. The number of nitrogens with zero attached hydrogens (tertiary/aromatic N) is 1. The van der Waals surface area contributed by atoms with Gasteiger partial charge in [-0.1, -0.05) is 0 Å². The smallest absolute Gasteiger partial charge is 0.167 e. The van der Waals surface area contributed by atoms with Crippen molar-refractivity contribution in [2.75, 3.05) is 18.5 Å². The number of nitriles is 1. The topological polar surface area (TPSA) is 62.1 Å². The standard InChI is InChI=1S/C17H14F2N2O2/c1-11(22)14-4-2-12(10-20)8-16(14)21-6-7-23-17-5-3-13(18)9-15(17)19/h2-5,8-9,21H,6-7H2,1H3. The van der Waals surface area contributed by atoms with Crippen LogP contribution in [-0.2, 0) is 0 Å². The lowest BCUT2D eigenvalue weighted by atomic mass is 10.1. The zero-order chi connectivity index (χ0) is 16.8. The fourth-order valence-electron chi connectivity index (χ4n) is 2.01. The third-order valence-corrected chi connectivity index (χ3v) is 3.10. The molecule has 0 aliphatic rings. The van der Waals surface area contributed by atoms with Crippen LogP contribution >= 0.6 is 0 Å². The Balaban J connectivity index is 1.98. The Morgan fingerprint density at radius 3 is 2.70 bits per heavy atom. The fraction of sp³-hybridized carbons (Fsp3) is 0.176. The highest BCUT2D eigenvalue weighted by Gasteiger charge is 2.09. The number of rotatable bonds is 6. The summed E-state index contributed by atoms with van der Waals surface area (Å²) in [5.41, 5.74) is 1.39. The van der Waals surface area contributed by atoms with Gasteiger partial charge in [0.2, 0.25) is 0 Å². The number of hydrogen-bond donors (Lipinski definition) is 1. The molecule has 6 heteroatoms. The maximum absolute atomic E-state index is 13.4. The quantitative estimate of drug-likeness (QED) is 0.654. The molecule has 2 aromatic rings. The molecule has 0 aliphatic carbocycles. The van der Waals surface area contributed by atoms with Crippen molar-refractivity contribution in [2.45, 2.75) is 6.92 Å². The van der Waals surface area contributed by atoms with Crippen LogP contribution in [0, 0.1) is 23.0 Å². The number of ether oxygens (including phenoxy) is 1. The van der Waals surface area contributed by atoms with Gasteiger partial charge in [-0.2, -0.15) is 5.26 Å². The summed E-state index contributed by atoms with van der Waals surface area (Å²) in [6.45, 7) is 1.82. The molecule has 2 rings (SSSR count). The molecule has 0 unspecified atom stereocenters. The zero-order valence-corrected chi connectivity index (χ0v) is 12.4. The number of hydrogen-bond acceptors (Lipinski definition) is 4. The molecule has 0 atom stereocenters. The third-order valence-electron chi connectivity index (χ3n) is 3.10. The summed E-state index contributed by atoms with van der Waals surface area (Å²) in [5, 5.41) is 11.9. The van der Waals surface area contributed by atoms with Crippen molar-refractivity contribution in [1.29, 1.82) is 5.26 Å². The van der Waals surface area contributed by atoms with Crippen LogP contribution in [0.25, 0.3) is 0 Å². The third kappa shape index (κ3) is 4.27. The van der Waals surface area contributed by atoms with Gasteiger partial charge in [-0.25, -0.2) is 8.78 Å². The first kappa shape index (κ1) is 16.4. The molecular weight excluding hydrogens is 302 g/mol. The summed E-state index contributed by atoms with van der Waals surface area (Å²) in [6.07, 6.45) is 0. The normalized spacial score (nSPS) is 10.0. The van der Waals surface area contributed by atoms with E-state index >= 15 is 0 Å². The number of benzene rings is 2. The van der Waals surface area contributed by atoms with E-state index < -0.39 is 11.6 Å². The highest BCUT2D eigenvalue weighted by molar-refractivity contribution is 5.99. The first-order valence-corrected chi connectivity index (χ1v) is 6.88. The van der Waals surface area contributed by atoms with Crippen LogP contribution in [0.3, 0.4) is 0 Å². The van der Waals surface area contributed by atoms with Gasteiger partial charge in [0.15, 0.2) is 17.3 Å². The van der Waals surface area contributed by atoms with Crippen LogP contribution in [0.5, 0.6) is 5.75 Å². The molecule has 23 heavy (non-hydrogen) atoms. The van der Waals surface area contributed by atoms with Crippen LogP contribution in [-0.4, -0.2) is 18.9 Å². The second-order valence-electron chi connectivity index (χ2n) is 4.78. The number of carbonyl (C=O) groups excluding carboxylic acids is 1. The average Bonchev–Trinajstić information content (AvgIpc) is 2.52. The first-order valence-electron chi connectivity index (χ1n) is 6.88. The largest absolute Gasteiger partial charge is 0.489 e. The Bertz CT molecular complexity index is 770. The number of halogens is 2. The second kappa shape index (κ2) is 7.36. The lowest BCUT2D eigenvalue weighted by Crippen LogP contribution is -2.14. The molecule has 0 heterocycles. The van der Waals surface area contributed by atoms with Gasteiger partial charge in [-0.05, 0) is 37.3 Å². The summed E-state index contributed by atoms with van der Waals surface area (Å²) >= 11 is 0. The molecule has 1 N–H and O–H groups in total. The molecular formula is C17H14F2N2O2. The van der Waals surface area contributed by atoms with Crippen molar-refractivity contribution < 1.29 is 18.3 Å². The Labute approximate surface area is 132 Å². The van der Waals surface area contributed by atoms with E-state index in [-0.39, 0.29) is 24.7 Å². The Kier molecular flexibility index (Phi) is 5.26. The summed E-state index contributed by atoms with van der Waals surface area (Å²) in [6, 6.07) is 9.76. The Morgan fingerprint density at radius 2 is 2.04 bits per heavy atom. The van der Waals surface area contributed by atoms with Crippen molar-refractivity contribution >= 4 is 11.5 Å². The number of anilines is 1. The first-order chi connectivity index (χ1) is 11.0. The zero-order valence-electron chi connectivity index (χ0n) is 12.4. The predicted molar refractivity (Wildman–Crippen MR) is 81.5 cm³/mol. The van der Waals surface area contributed by atoms with Gasteiger partial charge in [0.25, 0.3) is 0 Å². The van der Waals surface area contributed by atoms with E-state index in [9.17, 15) is 13.6 Å². The monoisotopic (exact) mass is 316 g/mol. The SMILES string of the molecule is CC(=O)c1ccc(C#N)cc1NCCOc1ccc(F)cc1F. The summed E-state index contributed by atoms with van der Waals surface area (Å²) in [5.74, 6) is -1.64. The molecule has 2 aromatic carbocycles. The molecule has 0 saturated carbocycles. The molecule has 4 nitrogen and oxygen atoms in total. The van der Waals surface area contributed by atoms with Crippen LogP contribution in [0.4, 0.5) is 14.5 Å². The van der Waals surface area contributed by atoms with Gasteiger partial charge in [0.1, 0.15) is 12.4 Å². The predicted octanol–water partition coefficient (Wildman–Crippen LogP) is 3.53. The molecule has 0 amide bonds. The Hall–Kier alpha value is -2.94. The summed E-state index contributed by atoms with van der Waals surface area (Å²) in [4.78, 5) is 11.6. The highest BCUT2D eigenvalue weighted by Crippen LogP contribution is 2.19. The molecule has 0 saturated heterocycles. The van der Waals surface area contributed by atoms with Crippen LogP contribution in [0.2, 0.25) is 0 Å². The van der Waals surface area contributed by atoms with Crippen LogP contribution in [0.15, 0.2) is 36.4 Å². The minimum absolute atomic E-state index is 0.0502. The van der Waals surface area contributed by atoms with E-state index in [0.29, 0.717) is 16.8 Å². The number of carbonyl (C=O) groups is 1. The van der Waals surface area contributed by atoms with E-state index in [2.05, 4.69) is 5.32 Å². The lowest BCUT2D eigenvalue weighted by molar-refractivity contribution is 0.101. The lowest BCUT2D eigenvalue weighted by Gasteiger charge is -2.12. The molecule has 0 fully saturated rings. The maximum Gasteiger partial charge on any atom is 0.167 e. The van der Waals surface area contributed by atoms with Gasteiger partial charge < -0.3 is 10.1 Å². The summed E-state index contributed by atoms with van der Waals surface area (Å²) in [7, 11) is 0. The van der Waals surface area contributed by atoms with Crippen LogP contribution < -0.4 is 10.1 Å². The number of Topliss-reactive ketones (excluding diaryl/α,β-unsaturated/α-hetero) is 1. The van der Waals surface area contributed by atoms with Gasteiger partial charge in [0.05, 0.1) is 11.6 Å². The van der Waals surface area contributed by atoms with E-state index in [1.165, 1.54) is 13.0 Å². The van der Waals surface area contributed by atoms with Crippen LogP contribution in [0.1, 0.15) is 22.8 Å². The number of nitrogens with one attached hydrogen (secondary N) is 1. The number of ketones is 1. The fourth-order valence-corrected chi connectivity index (χ4v) is 2.01. The van der Waals surface area contributed by atoms with Gasteiger partial charge in [-0.15, -0.1) is 0 Å². The van der Waals surface area contributed by atoms with E-state index in [4.69, 9.17) is 10.00 Å². The van der Waals surface area contributed by atoms with Gasteiger partial charge >= 0.3 is 0 Å². The van der Waals surface area contributed by atoms with Crippen molar-refractivity contribution in [3.63, 3.8) is 0 Å². The van der Waals surface area contributed by atoms with Crippen molar-refractivity contribution in [1.82, 2.24) is 0 Å².